The fourth-order valence-corrected chi connectivity index (χ4v) is 2.61. The van der Waals surface area contributed by atoms with Gasteiger partial charge in [-0.25, -0.2) is 4.98 Å². The molecular weight excluding hydrogens is 615 g/mol. The van der Waals surface area contributed by atoms with Crippen molar-refractivity contribution in [3.63, 3.8) is 0 Å². The van der Waals surface area contributed by atoms with Gasteiger partial charge in [0.25, 0.3) is 0 Å². The molecule has 11 nitrogen and oxygen atoms in total. The number of benzene rings is 1. The van der Waals surface area contributed by atoms with Crippen LogP contribution in [0.1, 0.15) is 18.8 Å². The molecule has 0 fully saturated rings. The molecule has 0 saturated heterocycles. The number of nitrogens with zero attached hydrogens (tertiary/aromatic N) is 3. The molecular formula is C19H23N4O7ReS-. The Morgan fingerprint density at radius 3 is 2.16 bits per heavy atom. The van der Waals surface area contributed by atoms with Gasteiger partial charge in [-0.3, -0.25) is 13.9 Å². The molecule has 1 unspecified atom stereocenters. The molecule has 0 bridgehead atoms. The van der Waals surface area contributed by atoms with Crippen molar-refractivity contribution >= 4 is 22.9 Å². The van der Waals surface area contributed by atoms with Gasteiger partial charge in [-0.2, -0.15) is 0 Å². The van der Waals surface area contributed by atoms with E-state index in [4.69, 9.17) is 19.1 Å². The maximum absolute atomic E-state index is 11.0. The Morgan fingerprint density at radius 2 is 1.75 bits per heavy atom. The molecule has 32 heavy (non-hydrogen) atoms. The van der Waals surface area contributed by atoms with Crippen LogP contribution in [0.15, 0.2) is 36.7 Å². The van der Waals surface area contributed by atoms with Gasteiger partial charge in [0.15, 0.2) is 0 Å². The first-order chi connectivity index (χ1) is 14.4. The number of carboxylic acids is 1. The second-order valence-corrected chi connectivity index (χ2v) is 6.02. The molecule has 1 aromatic heterocycles. The van der Waals surface area contributed by atoms with Crippen molar-refractivity contribution in [1.29, 1.82) is 0 Å². The average Bonchev–Trinajstić information content (AvgIpc) is 3.15. The smallest absolute Gasteiger partial charge is 0 e. The first-order valence-corrected chi connectivity index (χ1v) is 8.98. The Morgan fingerprint density at radius 1 is 1.22 bits per heavy atom. The van der Waals surface area contributed by atoms with Crippen LogP contribution in [0.5, 0.6) is 0 Å². The second kappa shape index (κ2) is 23.3. The van der Waals surface area contributed by atoms with Gasteiger partial charge >= 0.3 is 39.9 Å². The van der Waals surface area contributed by atoms with Crippen molar-refractivity contribution in [2.45, 2.75) is 20.4 Å². The summed E-state index contributed by atoms with van der Waals surface area (Å²) in [5, 5.41) is 9.06. The number of rotatable bonds is 9. The van der Waals surface area contributed by atoms with Crippen molar-refractivity contribution in [3.05, 3.63) is 68.0 Å². The van der Waals surface area contributed by atoms with Gasteiger partial charge in [0.2, 0.25) is 0 Å². The van der Waals surface area contributed by atoms with Crippen LogP contribution in [-0.2, 0) is 70.5 Å². The minimum absolute atomic E-state index is 0. The normalized spacial score (nSPS) is 9.41. The van der Waals surface area contributed by atoms with Crippen molar-refractivity contribution in [3.8, 4) is 0 Å². The quantitative estimate of drug-likeness (QED) is 0.238. The number of aromatic nitrogens is 2. The standard InChI is InChI=1S/C15H20N4O4S.3CO.CH4.Re/c1-18-9-7-16-14(18)10-19(11-15(20)21)8-6-12-2-4-13(5-3-12)17-24(22)23;3*1-2;;/h2-5,7,9,17H,6,8,10-11H2,1H3,(H,20,21)(H,22,23);;;;1H4;/p-1. The molecule has 2 rings (SSSR count). The van der Waals surface area contributed by atoms with Crippen LogP contribution in [-0.4, -0.2) is 47.4 Å². The summed E-state index contributed by atoms with van der Waals surface area (Å²) in [7, 11) is 1.87. The van der Waals surface area contributed by atoms with Crippen LogP contribution < -0.4 is 4.72 Å². The number of carboxylic acid groups (broad SMARTS) is 1. The number of imidazole rings is 1. The molecule has 1 aromatic carbocycles. The number of hydrogen-bond acceptors (Lipinski definition) is 5. The van der Waals surface area contributed by atoms with E-state index in [1.54, 1.807) is 18.3 Å². The summed E-state index contributed by atoms with van der Waals surface area (Å²) in [5.74, 6) is -0.0876. The molecule has 13 heteroatoms. The van der Waals surface area contributed by atoms with Crippen LogP contribution in [0.4, 0.5) is 5.69 Å². The van der Waals surface area contributed by atoms with Crippen LogP contribution in [0.25, 0.3) is 0 Å². The van der Waals surface area contributed by atoms with Gasteiger partial charge in [0.1, 0.15) is 5.82 Å². The minimum atomic E-state index is -2.34. The molecule has 175 valence electrons. The zero-order chi connectivity index (χ0) is 23.5. The van der Waals surface area contributed by atoms with Crippen LogP contribution >= 0.6 is 0 Å². The summed E-state index contributed by atoms with van der Waals surface area (Å²) in [4.78, 5) is 17.1. The predicted octanol–water partition coefficient (Wildman–Crippen LogP) is 1.28. The zero-order valence-electron chi connectivity index (χ0n) is 16.3. The van der Waals surface area contributed by atoms with Gasteiger partial charge in [0, 0.05) is 63.4 Å². The van der Waals surface area contributed by atoms with E-state index in [1.807, 2.05) is 34.8 Å². The van der Waals surface area contributed by atoms with Crippen LogP contribution in [0.3, 0.4) is 0 Å². The number of hydrogen-bond donors (Lipinski definition) is 2. The van der Waals surface area contributed by atoms with Gasteiger partial charge in [0.05, 0.1) is 13.1 Å². The molecule has 0 aliphatic carbocycles. The number of aryl methyl sites for hydroxylation is 1. The number of anilines is 1. The van der Waals surface area contributed by atoms with E-state index < -0.39 is 17.2 Å². The van der Waals surface area contributed by atoms with Gasteiger partial charge in [-0.1, -0.05) is 19.6 Å². The summed E-state index contributed by atoms with van der Waals surface area (Å²) >= 11 is -2.34. The topological polar surface area (TPSA) is 170 Å². The SMILES string of the molecule is C.Cn1ccnc1CN(CCc1ccc(NS(=O)[O-])cc1)CC(=O)O.[C-]#[O+].[C-]#[O+].[C-]#[O+].[Re]. The summed E-state index contributed by atoms with van der Waals surface area (Å²) in [6.07, 6.45) is 4.15. The number of aliphatic carboxylic acids is 1. The zero-order valence-corrected chi connectivity index (χ0v) is 19.8. The van der Waals surface area contributed by atoms with E-state index in [2.05, 4.69) is 29.7 Å². The fraction of sp³-hybridized carbons (Fsp3) is 0.316. The third kappa shape index (κ3) is 16.4. The monoisotopic (exact) mass is 638 g/mol. The molecule has 1 radical (unpaired) electrons. The molecule has 0 spiro atoms. The molecule has 2 N–H and O–H groups in total. The third-order valence-corrected chi connectivity index (χ3v) is 3.92. The Labute approximate surface area is 203 Å². The van der Waals surface area contributed by atoms with Gasteiger partial charge in [-0.05, 0) is 24.1 Å². The molecule has 0 amide bonds. The molecule has 1 heterocycles. The Balaban J connectivity index is -0.000000451. The number of carbonyl (C=O) groups is 1. The molecule has 2 aromatic rings. The van der Waals surface area contributed by atoms with E-state index in [0.717, 1.165) is 11.4 Å². The molecule has 0 aliphatic heterocycles. The van der Waals surface area contributed by atoms with Gasteiger partial charge < -0.3 is 18.9 Å². The van der Waals surface area contributed by atoms with E-state index >= 15 is 0 Å². The minimum Gasteiger partial charge on any atom is 0 e. The average molecular weight is 638 g/mol. The summed E-state index contributed by atoms with van der Waals surface area (Å²) in [6, 6.07) is 6.97. The molecule has 0 aliphatic rings. The molecule has 0 saturated carbocycles. The van der Waals surface area contributed by atoms with Crippen LogP contribution in [0, 0.1) is 20.0 Å². The van der Waals surface area contributed by atoms with Crippen LogP contribution in [0.2, 0.25) is 0 Å². The summed E-state index contributed by atoms with van der Waals surface area (Å²) < 4.78 is 47.8. The van der Waals surface area contributed by atoms with Crippen molar-refractivity contribution in [2.24, 2.45) is 7.05 Å². The third-order valence-electron chi connectivity index (χ3n) is 3.52. The van der Waals surface area contributed by atoms with E-state index in [-0.39, 0.29) is 34.4 Å². The van der Waals surface area contributed by atoms with Gasteiger partial charge in [-0.15, -0.1) is 0 Å². The first kappa shape index (κ1) is 37.0. The first-order valence-electron chi connectivity index (χ1n) is 7.90. The Hall–Kier alpha value is -2.35. The fourth-order valence-electron chi connectivity index (χ4n) is 2.28. The van der Waals surface area contributed by atoms with E-state index in [9.17, 15) is 13.6 Å². The largest absolute Gasteiger partial charge is 0 e. The summed E-state index contributed by atoms with van der Waals surface area (Å²) in [5.41, 5.74) is 1.48. The maximum Gasteiger partial charge on any atom is 0 e. The molecule has 1 atom stereocenters. The number of nitrogens with one attached hydrogen (secondary N) is 1. The predicted molar refractivity (Wildman–Crippen MR) is 107 cm³/mol. The Kier molecular flexibility index (Phi) is 27.0. The maximum atomic E-state index is 11.0. The summed E-state index contributed by atoms with van der Waals surface area (Å²) in [6.45, 7) is 14.4. The Bertz CT molecular complexity index is 824. The second-order valence-electron chi connectivity index (χ2n) is 5.34. The van der Waals surface area contributed by atoms with E-state index in [1.165, 1.54) is 0 Å². The van der Waals surface area contributed by atoms with Crippen molar-refractivity contribution in [2.75, 3.05) is 17.8 Å². The van der Waals surface area contributed by atoms with Crippen molar-refractivity contribution in [1.82, 2.24) is 14.5 Å². The van der Waals surface area contributed by atoms with Crippen molar-refractivity contribution < 1.29 is 53.0 Å². The van der Waals surface area contributed by atoms with E-state index in [0.29, 0.717) is 25.2 Å².